The maximum Gasteiger partial charge on any atom is 0.103 e. The van der Waals surface area contributed by atoms with Gasteiger partial charge in [0.1, 0.15) is 6.54 Å². The average Bonchev–Trinajstić information content (AvgIpc) is 2.74. The summed E-state index contributed by atoms with van der Waals surface area (Å²) in [6.45, 7) is 9.64. The number of rotatable bonds is 4. The Bertz CT molecular complexity index is 331. The van der Waals surface area contributed by atoms with E-state index in [4.69, 9.17) is 4.74 Å². The summed E-state index contributed by atoms with van der Waals surface area (Å²) < 4.78 is 5.50. The lowest BCUT2D eigenvalue weighted by Gasteiger charge is -2.16. The molecule has 0 unspecified atom stereocenters. The van der Waals surface area contributed by atoms with E-state index >= 15 is 0 Å². The highest BCUT2D eigenvalue weighted by Crippen LogP contribution is 2.22. The first-order valence-corrected chi connectivity index (χ1v) is 5.86. The predicted octanol–water partition coefficient (Wildman–Crippen LogP) is 1.14. The minimum absolute atomic E-state index is 0.802. The summed E-state index contributed by atoms with van der Waals surface area (Å²) in [5.74, 6) is 0. The molecule has 1 aliphatic heterocycles. The molecule has 0 saturated carbocycles. The Labute approximate surface area is 91.9 Å². The fourth-order valence-corrected chi connectivity index (χ4v) is 2.21. The highest BCUT2D eigenvalue weighted by Gasteiger charge is 2.16. The van der Waals surface area contributed by atoms with Crippen molar-refractivity contribution in [2.45, 2.75) is 33.6 Å². The predicted molar refractivity (Wildman–Crippen MR) is 60.7 cm³/mol. The van der Waals surface area contributed by atoms with Gasteiger partial charge in [0.15, 0.2) is 0 Å². The first kappa shape index (κ1) is 10.7. The summed E-state index contributed by atoms with van der Waals surface area (Å²) in [4.78, 5) is 1.63. The van der Waals surface area contributed by atoms with E-state index in [9.17, 15) is 0 Å². The van der Waals surface area contributed by atoms with Gasteiger partial charge in [-0.15, -0.1) is 0 Å². The lowest BCUT2D eigenvalue weighted by molar-refractivity contribution is -0.910. The molecule has 0 fully saturated rings. The van der Waals surface area contributed by atoms with Crippen LogP contribution in [0.25, 0.3) is 0 Å². The van der Waals surface area contributed by atoms with E-state index in [1.165, 1.54) is 29.8 Å². The molecule has 0 aromatic heterocycles. The summed E-state index contributed by atoms with van der Waals surface area (Å²) in [5.41, 5.74) is 4.31. The van der Waals surface area contributed by atoms with Crippen molar-refractivity contribution in [3.05, 3.63) is 34.9 Å². The van der Waals surface area contributed by atoms with Crippen molar-refractivity contribution in [3.63, 3.8) is 0 Å². The highest BCUT2D eigenvalue weighted by atomic mass is 16.5. The van der Waals surface area contributed by atoms with Crippen LogP contribution < -0.4 is 4.90 Å². The van der Waals surface area contributed by atoms with E-state index in [0.29, 0.717) is 0 Å². The van der Waals surface area contributed by atoms with Crippen LogP contribution in [0.3, 0.4) is 0 Å². The molecule has 2 nitrogen and oxygen atoms in total. The van der Waals surface area contributed by atoms with Crippen LogP contribution in [-0.2, 0) is 24.5 Å². The molecular weight excluding hydrogens is 186 g/mol. The molecule has 2 rings (SSSR count). The molecule has 0 aliphatic carbocycles. The van der Waals surface area contributed by atoms with Crippen molar-refractivity contribution >= 4 is 0 Å². The summed E-state index contributed by atoms with van der Waals surface area (Å²) in [6, 6.07) is 6.59. The smallest absolute Gasteiger partial charge is 0.103 e. The van der Waals surface area contributed by atoms with E-state index in [2.05, 4.69) is 32.0 Å². The van der Waals surface area contributed by atoms with Crippen LogP contribution in [0.1, 0.15) is 30.5 Å². The monoisotopic (exact) mass is 206 g/mol. The molecule has 82 valence electrons. The SMILES string of the molecule is CC[NH+](CC)Cc1cccc2c1COC2. The minimum atomic E-state index is 0.802. The fourth-order valence-electron chi connectivity index (χ4n) is 2.21. The second-order valence-electron chi connectivity index (χ2n) is 4.18. The Morgan fingerprint density at radius 3 is 2.73 bits per heavy atom. The van der Waals surface area contributed by atoms with Gasteiger partial charge in [-0.1, -0.05) is 18.2 Å². The Morgan fingerprint density at radius 1 is 1.20 bits per heavy atom. The van der Waals surface area contributed by atoms with Crippen molar-refractivity contribution in [3.8, 4) is 0 Å². The van der Waals surface area contributed by atoms with E-state index in [1.807, 2.05) is 0 Å². The topological polar surface area (TPSA) is 13.7 Å². The minimum Gasteiger partial charge on any atom is -0.372 e. The number of benzene rings is 1. The largest absolute Gasteiger partial charge is 0.372 e. The number of fused-ring (bicyclic) bond motifs is 1. The van der Waals surface area contributed by atoms with Crippen molar-refractivity contribution in [1.82, 2.24) is 0 Å². The van der Waals surface area contributed by atoms with Crippen molar-refractivity contribution in [1.29, 1.82) is 0 Å². The number of hydrogen-bond donors (Lipinski definition) is 1. The molecule has 0 spiro atoms. The van der Waals surface area contributed by atoms with Gasteiger partial charge in [-0.2, -0.15) is 0 Å². The Hall–Kier alpha value is -0.860. The van der Waals surface area contributed by atoms with E-state index < -0.39 is 0 Å². The second-order valence-corrected chi connectivity index (χ2v) is 4.18. The van der Waals surface area contributed by atoms with Crippen molar-refractivity contribution in [2.24, 2.45) is 0 Å². The van der Waals surface area contributed by atoms with E-state index in [-0.39, 0.29) is 0 Å². The molecule has 1 N–H and O–H groups in total. The molecule has 0 bridgehead atoms. The molecule has 1 aromatic rings. The summed E-state index contributed by atoms with van der Waals surface area (Å²) in [7, 11) is 0. The third-order valence-corrected chi connectivity index (χ3v) is 3.31. The third kappa shape index (κ3) is 2.21. The van der Waals surface area contributed by atoms with Gasteiger partial charge in [-0.05, 0) is 25.0 Å². The molecule has 2 heteroatoms. The van der Waals surface area contributed by atoms with Gasteiger partial charge in [0, 0.05) is 5.56 Å². The molecular formula is C13H20NO+. The lowest BCUT2D eigenvalue weighted by Crippen LogP contribution is -3.10. The van der Waals surface area contributed by atoms with Gasteiger partial charge in [0.25, 0.3) is 0 Å². The number of hydrogen-bond acceptors (Lipinski definition) is 1. The van der Waals surface area contributed by atoms with Crippen LogP contribution in [0.4, 0.5) is 0 Å². The summed E-state index contributed by atoms with van der Waals surface area (Å²) in [5, 5.41) is 0. The van der Waals surface area contributed by atoms with Crippen LogP contribution >= 0.6 is 0 Å². The Morgan fingerprint density at radius 2 is 2.00 bits per heavy atom. The van der Waals surface area contributed by atoms with Crippen molar-refractivity contribution in [2.75, 3.05) is 13.1 Å². The fraction of sp³-hybridized carbons (Fsp3) is 0.538. The van der Waals surface area contributed by atoms with Gasteiger partial charge < -0.3 is 9.64 Å². The maximum absolute atomic E-state index is 5.50. The third-order valence-electron chi connectivity index (χ3n) is 3.31. The molecule has 0 radical (unpaired) electrons. The summed E-state index contributed by atoms with van der Waals surface area (Å²) in [6.07, 6.45) is 0. The van der Waals surface area contributed by atoms with E-state index in [1.54, 1.807) is 4.90 Å². The van der Waals surface area contributed by atoms with Gasteiger partial charge >= 0.3 is 0 Å². The molecule has 1 heterocycles. The van der Waals surface area contributed by atoms with Crippen LogP contribution in [-0.4, -0.2) is 13.1 Å². The standard InChI is InChI=1S/C13H19NO/c1-3-14(4-2)8-11-6-5-7-12-9-15-10-13(11)12/h5-7H,3-4,8-10H2,1-2H3/p+1. The Kier molecular flexibility index (Phi) is 3.39. The summed E-state index contributed by atoms with van der Waals surface area (Å²) >= 11 is 0. The Balaban J connectivity index is 2.18. The highest BCUT2D eigenvalue weighted by molar-refractivity contribution is 5.35. The van der Waals surface area contributed by atoms with E-state index in [0.717, 1.165) is 19.8 Å². The first-order valence-electron chi connectivity index (χ1n) is 5.86. The zero-order chi connectivity index (χ0) is 10.7. The molecule has 1 aliphatic rings. The van der Waals surface area contributed by atoms with Crippen LogP contribution in [0, 0.1) is 0 Å². The zero-order valence-electron chi connectivity index (χ0n) is 9.68. The molecule has 0 saturated heterocycles. The van der Waals surface area contributed by atoms with Gasteiger partial charge in [0.2, 0.25) is 0 Å². The van der Waals surface area contributed by atoms with Gasteiger partial charge in [-0.25, -0.2) is 0 Å². The molecule has 0 atom stereocenters. The molecule has 0 amide bonds. The number of ether oxygens (including phenoxy) is 1. The average molecular weight is 206 g/mol. The number of nitrogens with one attached hydrogen (secondary N) is 1. The molecule has 15 heavy (non-hydrogen) atoms. The maximum atomic E-state index is 5.50. The van der Waals surface area contributed by atoms with Gasteiger partial charge in [0.05, 0.1) is 26.3 Å². The molecule has 1 aromatic carbocycles. The van der Waals surface area contributed by atoms with Crippen molar-refractivity contribution < 1.29 is 9.64 Å². The van der Waals surface area contributed by atoms with Crippen LogP contribution in [0.15, 0.2) is 18.2 Å². The van der Waals surface area contributed by atoms with Gasteiger partial charge in [-0.3, -0.25) is 0 Å². The first-order chi connectivity index (χ1) is 7.35. The van der Waals surface area contributed by atoms with Crippen LogP contribution in [0.5, 0.6) is 0 Å². The zero-order valence-corrected chi connectivity index (χ0v) is 9.68. The number of quaternary nitrogens is 1. The quantitative estimate of drug-likeness (QED) is 0.780. The lowest BCUT2D eigenvalue weighted by atomic mass is 10.0. The second kappa shape index (κ2) is 4.77. The normalized spacial score (nSPS) is 14.6. The van der Waals surface area contributed by atoms with Crippen LogP contribution in [0.2, 0.25) is 0 Å².